The number of rotatable bonds is 7. The van der Waals surface area contributed by atoms with E-state index in [4.69, 9.17) is 8.85 Å². The molecule has 30 heavy (non-hydrogen) atoms. The Bertz CT molecular complexity index is 571. The van der Waals surface area contributed by atoms with Crippen LogP contribution in [-0.2, 0) is 25.0 Å². The van der Waals surface area contributed by atoms with E-state index >= 15 is 0 Å². The first kappa shape index (κ1) is 32.2. The predicted molar refractivity (Wildman–Crippen MR) is 138 cm³/mol. The molecule has 8 heteroatoms. The number of hydrogen-bond acceptors (Lipinski definition) is 5. The largest absolute Gasteiger partial charge is 0.591 e. The Balaban J connectivity index is 0. The van der Waals surface area contributed by atoms with Crippen molar-refractivity contribution >= 4 is 39.5 Å². The lowest BCUT2D eigenvalue weighted by Gasteiger charge is -2.36. The third-order valence-corrected chi connectivity index (χ3v) is 16.1. The van der Waals surface area contributed by atoms with E-state index in [9.17, 15) is 9.35 Å². The van der Waals surface area contributed by atoms with E-state index in [1.807, 2.05) is 27.7 Å². The molecule has 0 saturated heterocycles. The van der Waals surface area contributed by atoms with Gasteiger partial charge in [0.1, 0.15) is 16.1 Å². The molecular weight excluding hydrogens is 430 g/mol. The molecule has 0 aromatic carbocycles. The van der Waals surface area contributed by atoms with Crippen molar-refractivity contribution in [1.29, 1.82) is 0 Å². The van der Waals surface area contributed by atoms with Crippen molar-refractivity contribution in [2.75, 3.05) is 13.2 Å². The molecule has 0 amide bonds. The highest BCUT2D eigenvalue weighted by atomic mass is 32.2. The molecule has 0 bridgehead atoms. The van der Waals surface area contributed by atoms with Crippen LogP contribution in [0, 0.1) is 0 Å². The molecule has 0 aliphatic rings. The lowest BCUT2D eigenvalue weighted by molar-refractivity contribution is -0.119. The third-order valence-electron chi connectivity index (χ3n) is 5.65. The highest BCUT2D eigenvalue weighted by Gasteiger charge is 2.38. The molecule has 0 heterocycles. The fourth-order valence-corrected chi connectivity index (χ4v) is 3.91. The van der Waals surface area contributed by atoms with Crippen molar-refractivity contribution < 1.29 is 18.2 Å². The van der Waals surface area contributed by atoms with Crippen LogP contribution in [0.15, 0.2) is 4.40 Å². The summed E-state index contributed by atoms with van der Waals surface area (Å²) in [7, 11) is -3.43. The standard InChI is InChI=1S/C13H29NO2SSi.C9H20O2Si/c1-11(14-17(15)12(2,3)4)10-16-18(8,9)13(5,6)7;1-8(10)7-11-12(5,6)9(2,3)4/h10H2,1-9H3;7H2,1-6H3/b14-11+;. The smallest absolute Gasteiger partial charge is 0.192 e. The second-order valence-corrected chi connectivity index (χ2v) is 23.5. The molecule has 0 spiro atoms. The first-order valence-electron chi connectivity index (χ1n) is 10.7. The van der Waals surface area contributed by atoms with Crippen molar-refractivity contribution in [3.63, 3.8) is 0 Å². The average Bonchev–Trinajstić information content (AvgIpc) is 2.48. The Morgan fingerprint density at radius 2 is 1.13 bits per heavy atom. The highest BCUT2D eigenvalue weighted by molar-refractivity contribution is 7.91. The van der Waals surface area contributed by atoms with E-state index in [0.29, 0.717) is 6.61 Å². The average molecular weight is 480 g/mol. The van der Waals surface area contributed by atoms with E-state index in [2.05, 4.69) is 72.1 Å². The number of nitrogens with zero attached hydrogens (tertiary/aromatic N) is 1. The Labute approximate surface area is 192 Å². The van der Waals surface area contributed by atoms with Crippen LogP contribution in [0.3, 0.4) is 0 Å². The summed E-state index contributed by atoms with van der Waals surface area (Å²) in [6, 6.07) is 0. The maximum atomic E-state index is 11.9. The summed E-state index contributed by atoms with van der Waals surface area (Å²) in [4.78, 5) is 10.7. The van der Waals surface area contributed by atoms with Crippen LogP contribution in [0.4, 0.5) is 0 Å². The van der Waals surface area contributed by atoms with Gasteiger partial charge in [0.2, 0.25) is 0 Å². The van der Waals surface area contributed by atoms with Crippen LogP contribution in [0.25, 0.3) is 0 Å². The van der Waals surface area contributed by atoms with Gasteiger partial charge in [-0.15, -0.1) is 0 Å². The molecule has 0 saturated carbocycles. The Morgan fingerprint density at radius 3 is 1.40 bits per heavy atom. The lowest BCUT2D eigenvalue weighted by atomic mass is 10.2. The maximum absolute atomic E-state index is 11.9. The zero-order chi connectivity index (χ0) is 24.8. The SMILES string of the molecule is C/C(CO[Si](C)(C)C(C)(C)C)=N\[S+]([O-])C(C)(C)C.CC(=O)CO[Si](C)(C)C(C)(C)C. The van der Waals surface area contributed by atoms with Gasteiger partial charge in [0.25, 0.3) is 0 Å². The van der Waals surface area contributed by atoms with Gasteiger partial charge in [0.05, 0.1) is 18.9 Å². The van der Waals surface area contributed by atoms with E-state index < -0.39 is 28.0 Å². The van der Waals surface area contributed by atoms with Crippen molar-refractivity contribution in [3.8, 4) is 0 Å². The zero-order valence-corrected chi connectivity index (χ0v) is 25.2. The molecule has 1 atom stereocenters. The molecule has 0 rings (SSSR count). The summed E-state index contributed by atoms with van der Waals surface area (Å²) in [5.74, 6) is 0.111. The summed E-state index contributed by atoms with van der Waals surface area (Å²) < 4.78 is 27.5. The number of Topliss-reactive ketones (excluding diaryl/α,β-unsaturated/α-hetero) is 1. The number of ketones is 1. The minimum absolute atomic E-state index is 0.111. The van der Waals surface area contributed by atoms with E-state index in [0.717, 1.165) is 5.71 Å². The summed E-state index contributed by atoms with van der Waals surface area (Å²) in [6.45, 7) is 31.8. The van der Waals surface area contributed by atoms with Crippen LogP contribution >= 0.6 is 0 Å². The van der Waals surface area contributed by atoms with Crippen molar-refractivity contribution in [2.24, 2.45) is 4.40 Å². The number of hydrogen-bond donors (Lipinski definition) is 0. The van der Waals surface area contributed by atoms with E-state index in [1.54, 1.807) is 6.92 Å². The van der Waals surface area contributed by atoms with Gasteiger partial charge >= 0.3 is 0 Å². The minimum Gasteiger partial charge on any atom is -0.591 e. The van der Waals surface area contributed by atoms with Crippen LogP contribution < -0.4 is 0 Å². The van der Waals surface area contributed by atoms with Gasteiger partial charge in [0.15, 0.2) is 22.4 Å². The minimum atomic E-state index is -1.74. The Morgan fingerprint density at radius 1 is 0.800 bits per heavy atom. The first-order chi connectivity index (χ1) is 12.9. The van der Waals surface area contributed by atoms with Gasteiger partial charge in [-0.3, -0.25) is 4.79 Å². The number of carbonyl (C=O) groups is 1. The maximum Gasteiger partial charge on any atom is 0.192 e. The molecule has 0 radical (unpaired) electrons. The molecule has 180 valence electrons. The predicted octanol–water partition coefficient (Wildman–Crippen LogP) is 6.53. The lowest BCUT2D eigenvalue weighted by Crippen LogP contribution is -2.42. The molecule has 1 unspecified atom stereocenters. The second kappa shape index (κ2) is 11.7. The molecule has 0 aliphatic heterocycles. The van der Waals surface area contributed by atoms with Crippen molar-refractivity contribution in [1.82, 2.24) is 0 Å². The summed E-state index contributed by atoms with van der Waals surface area (Å²) >= 11 is -1.19. The van der Waals surface area contributed by atoms with Crippen LogP contribution in [0.1, 0.15) is 76.2 Å². The molecule has 0 N–H and O–H groups in total. The molecule has 0 aromatic rings. The van der Waals surface area contributed by atoms with Gasteiger partial charge in [-0.2, -0.15) is 0 Å². The molecule has 0 aliphatic carbocycles. The third kappa shape index (κ3) is 12.8. The fraction of sp³-hybridized carbons (Fsp3) is 0.909. The van der Waals surface area contributed by atoms with Gasteiger partial charge < -0.3 is 13.4 Å². The second-order valence-electron chi connectivity index (χ2n) is 12.0. The quantitative estimate of drug-likeness (QED) is 0.236. The van der Waals surface area contributed by atoms with Crippen molar-refractivity contribution in [3.05, 3.63) is 0 Å². The summed E-state index contributed by atoms with van der Waals surface area (Å²) in [5.41, 5.74) is 0.813. The number of carbonyl (C=O) groups excluding carboxylic acids is 1. The first-order valence-corrected chi connectivity index (χ1v) is 17.6. The Hall–Kier alpha value is 0.00377. The molecule has 5 nitrogen and oxygen atoms in total. The van der Waals surface area contributed by atoms with E-state index in [-0.39, 0.29) is 27.2 Å². The Kier molecular flexibility index (Phi) is 12.6. The fourth-order valence-electron chi connectivity index (χ4n) is 1.30. The molecule has 0 fully saturated rings. The highest BCUT2D eigenvalue weighted by Crippen LogP contribution is 2.37. The molecular formula is C22H49NO4SSi2. The van der Waals surface area contributed by atoms with E-state index in [1.165, 1.54) is 0 Å². The topological polar surface area (TPSA) is 71.0 Å². The van der Waals surface area contributed by atoms with Gasteiger partial charge in [-0.05, 0) is 70.9 Å². The van der Waals surface area contributed by atoms with Gasteiger partial charge in [-0.25, -0.2) is 0 Å². The van der Waals surface area contributed by atoms with Gasteiger partial charge in [0, 0.05) is 0 Å². The van der Waals surface area contributed by atoms with Gasteiger partial charge in [-0.1, -0.05) is 45.9 Å². The molecule has 0 aromatic heterocycles. The summed E-state index contributed by atoms with van der Waals surface area (Å²) in [6.07, 6.45) is 0. The zero-order valence-electron chi connectivity index (χ0n) is 22.4. The van der Waals surface area contributed by atoms with Crippen LogP contribution in [0.5, 0.6) is 0 Å². The summed E-state index contributed by atoms with van der Waals surface area (Å²) in [5, 5.41) is 0.388. The monoisotopic (exact) mass is 479 g/mol. The van der Waals surface area contributed by atoms with Crippen molar-refractivity contribution in [2.45, 2.75) is 117 Å². The normalized spacial score (nSPS) is 15.4. The van der Waals surface area contributed by atoms with Crippen LogP contribution in [0.2, 0.25) is 36.3 Å². The van der Waals surface area contributed by atoms with Crippen LogP contribution in [-0.4, -0.2) is 50.6 Å².